The highest BCUT2D eigenvalue weighted by Crippen LogP contribution is 2.44. The Labute approximate surface area is 845 Å². The summed E-state index contributed by atoms with van der Waals surface area (Å²) in [5.41, 5.74) is 0. The Balaban J connectivity index is 0.814. The molecule has 0 aromatic heterocycles. The number of hydrogen-bond acceptors (Lipinski definition) is 66. The minimum absolute atomic E-state index is 0.845. The number of carbonyl (C=O) groups is 2. The summed E-state index contributed by atoms with van der Waals surface area (Å²) in [4.78, 5) is 25.5. The predicted molar refractivity (Wildman–Crippen MR) is 451 cm³/mol. The lowest BCUT2D eigenvalue weighted by molar-refractivity contribution is -0.413. The monoisotopic (exact) mass is 2210 g/mol. The van der Waals surface area contributed by atoms with Crippen LogP contribution in [-0.4, -0.2) is 696 Å². The second-order valence-electron chi connectivity index (χ2n) is 38.0. The number of carbonyl (C=O) groups excluding carboxylic acids is 2. The van der Waals surface area contributed by atoms with E-state index in [0.29, 0.717) is 0 Å². The molecule has 0 aliphatic carbocycles. The standard InChI is InChI=1S/C82H138N2O66/c1-16(96)83-31-44(109)60(27(12-94)128-70(31)125)141-71-32(84-17(2)97)45(110)61(28(13-95)138-71)142-78-59(124)65(43(108)30(140-78)14-126-72-56(121)64(143-73-53(118)46(111)33(98)18(3-85)129-73)42(107)29(139-72)15-127-79-66(49(114)36(101)21(6-88)134-79)147-74-54(119)47(112)34(99)19(4-86)130-74)146-81-69(52(117)39(104)23(8-90)136-81)150-82-68(51(116)38(103)24(9-91)137-82)149-77-57(122)62(40(105)25(10-92)133-77)144-76-58(123)63(41(106)26(11-93)132-76)145-80-67(50(115)37(102)22(7-89)135-80)148-75-55(120)48(113)35(100)20(5-87)131-75/h18-82,85-95,98-125H,3-15H2,1-2H3,(H,83,96)(H,84,97)/t18-,19-,20-,21-,22-,23-,24-,25-,26-,27-,28-,29-,30-,31-,32-,33-,34-,35-,36-,37-,38-,39-,40-,41-,42-,43-,44-,45-,46+,47+,48+,49+,50+,51+,52+,53+,54+,55-,56+,57+,58-,59+,60-,61-,62+,63+,64+,65+,66+,67-,68+,69+,70?,71+,72+,73-,74-,75-,76-,77-,78+,79+,80-,81-,82-/m1/s1. The fourth-order valence-electron chi connectivity index (χ4n) is 19.4. The van der Waals surface area contributed by atoms with Crippen LogP contribution in [0.5, 0.6) is 0 Å². The van der Waals surface area contributed by atoms with Crippen molar-refractivity contribution in [2.75, 3.05) is 85.9 Å². The molecule has 0 spiro atoms. The molecule has 65 atom stereocenters. The Morgan fingerprint density at radius 1 is 0.173 bits per heavy atom. The topological polar surface area (TPSA) is 1080 Å². The first-order valence-electron chi connectivity index (χ1n) is 47.7. The molecule has 13 rings (SSSR count). The van der Waals surface area contributed by atoms with Crippen molar-refractivity contribution in [2.24, 2.45) is 0 Å². The summed E-state index contributed by atoms with van der Waals surface area (Å²) in [6.45, 7) is -13.7. The molecule has 13 aliphatic heterocycles. The first kappa shape index (κ1) is 123. The zero-order valence-corrected chi connectivity index (χ0v) is 79.2. The molecule has 0 radical (unpaired) electrons. The fraction of sp³-hybridized carbons (Fsp3) is 0.976. The Kier molecular flexibility index (Phi) is 44.2. The highest BCUT2D eigenvalue weighted by atomic mass is 16.8. The van der Waals surface area contributed by atoms with Gasteiger partial charge in [-0.2, -0.15) is 0 Å². The van der Waals surface area contributed by atoms with Gasteiger partial charge in [0, 0.05) is 13.8 Å². The summed E-state index contributed by atoms with van der Waals surface area (Å²) >= 11 is 0. The number of aliphatic hydroxyl groups excluding tert-OH is 39. The van der Waals surface area contributed by atoms with Crippen LogP contribution in [0.25, 0.3) is 0 Å². The Morgan fingerprint density at radius 3 is 0.680 bits per heavy atom. The molecule has 68 heteroatoms. The van der Waals surface area contributed by atoms with Gasteiger partial charge in [-0.1, -0.05) is 0 Å². The van der Waals surface area contributed by atoms with Crippen molar-refractivity contribution in [1.82, 2.24) is 10.6 Å². The minimum atomic E-state index is -2.76. The van der Waals surface area contributed by atoms with Crippen molar-refractivity contribution in [3.63, 3.8) is 0 Å². The van der Waals surface area contributed by atoms with Crippen molar-refractivity contribution in [2.45, 2.75) is 413 Å². The van der Waals surface area contributed by atoms with Gasteiger partial charge in [0.25, 0.3) is 0 Å². The van der Waals surface area contributed by atoms with E-state index in [1.807, 2.05) is 0 Å². The first-order chi connectivity index (χ1) is 71.1. The van der Waals surface area contributed by atoms with E-state index in [1.165, 1.54) is 0 Å². The molecular weight excluding hydrogens is 2070 g/mol. The maximum atomic E-state index is 13.2. The van der Waals surface area contributed by atoms with Crippen LogP contribution in [0.3, 0.4) is 0 Å². The molecule has 1 unspecified atom stereocenters. The van der Waals surface area contributed by atoms with Crippen molar-refractivity contribution in [3.05, 3.63) is 0 Å². The largest absolute Gasteiger partial charge is 0.394 e. The highest BCUT2D eigenvalue weighted by Gasteiger charge is 2.64. The molecular formula is C82H138N2O66. The van der Waals surface area contributed by atoms with E-state index in [-0.39, 0.29) is 0 Å². The molecule has 150 heavy (non-hydrogen) atoms. The highest BCUT2D eigenvalue weighted by molar-refractivity contribution is 5.73. The number of ether oxygens (including phenoxy) is 25. The van der Waals surface area contributed by atoms with Gasteiger partial charge in [0.15, 0.2) is 81.8 Å². The van der Waals surface area contributed by atoms with Gasteiger partial charge in [-0.05, 0) is 0 Å². The lowest BCUT2D eigenvalue weighted by Crippen LogP contribution is -2.70. The Bertz CT molecular complexity index is 4070. The number of amides is 2. The summed E-state index contributed by atoms with van der Waals surface area (Å²) < 4.78 is 147. The number of nitrogens with one attached hydrogen (secondary N) is 2. The van der Waals surface area contributed by atoms with Crippen LogP contribution < -0.4 is 10.6 Å². The lowest BCUT2D eigenvalue weighted by atomic mass is 9.94. The molecule has 13 aliphatic rings. The third kappa shape index (κ3) is 26.2. The maximum absolute atomic E-state index is 13.2. The van der Waals surface area contributed by atoms with E-state index < -0.39 is 497 Å². The third-order valence-electron chi connectivity index (χ3n) is 28.0. The Morgan fingerprint density at radius 2 is 0.367 bits per heavy atom. The molecule has 41 N–H and O–H groups in total. The summed E-state index contributed by atoms with van der Waals surface area (Å²) in [6, 6.07) is -3.78. The summed E-state index contributed by atoms with van der Waals surface area (Å²) in [6.07, 6.45) is -142. The SMILES string of the molecule is CC(=O)N[C@H]1[C@H](O[C@H]2[C@H](O)[C@@H](NC(C)=O)C(O)O[C@@H]2CO)O[C@H](CO)[C@@H](O[C@@H]2O[C@H](CO[C@H]3O[C@H](CO[C@H]4O[C@H](CO)[C@@H](O)[C@H](O)[C@@H]4O[C@H]4O[C@H](CO)[C@@H](O)[C@H](O)[C@@H]4O)[C@@H](O)[C@H](O[C@H]4O[C@H](CO)[C@@H](O)[C@H](O)[C@@H]4O)[C@@H]3O)[C@@H](O)[C@H](O[C@H]3O[C@H](CO)[C@@H](O)[C@H](O)[C@@H]3O[C@H]3O[C@H](CO)[C@@H](O)[C@H](O)[C@@H]3O[C@H]3O[C@H](CO)[C@@H](O)[C@H](O[C@H]4O[C@H](CO)[C@@H](O)[C@H](O[C@H]5O[C@H](CO)[C@@H](O)[C@H](O)[C@H]5O[C@H]5O[C@H](CO)[C@@H](O)[C@H](O)[C@H]5O)[C@H]4O)[C@@H]3O)[C@@H]2O)[C@@H]1O. The van der Waals surface area contributed by atoms with Crippen LogP contribution in [-0.2, 0) is 128 Å². The number of hydrogen-bond donors (Lipinski definition) is 41. The van der Waals surface area contributed by atoms with Gasteiger partial charge in [0.2, 0.25) is 11.8 Å². The summed E-state index contributed by atoms with van der Waals surface area (Å²) in [5.74, 6) is -1.87. The van der Waals surface area contributed by atoms with Gasteiger partial charge in [0.1, 0.15) is 317 Å². The van der Waals surface area contributed by atoms with Crippen LogP contribution in [0.2, 0.25) is 0 Å². The van der Waals surface area contributed by atoms with Crippen LogP contribution in [0.15, 0.2) is 0 Å². The minimum Gasteiger partial charge on any atom is -0.394 e. The molecule has 0 aromatic rings. The first-order valence-corrected chi connectivity index (χ1v) is 47.7. The molecule has 2 amide bonds. The molecule has 0 bridgehead atoms. The molecule has 13 fully saturated rings. The molecule has 0 aromatic carbocycles. The Hall–Kier alpha value is -3.62. The van der Waals surface area contributed by atoms with Crippen LogP contribution in [0.1, 0.15) is 13.8 Å². The lowest BCUT2D eigenvalue weighted by Gasteiger charge is -2.51. The zero-order chi connectivity index (χ0) is 110. The van der Waals surface area contributed by atoms with Gasteiger partial charge in [-0.15, -0.1) is 0 Å². The molecule has 872 valence electrons. The summed E-state index contributed by atoms with van der Waals surface area (Å²) in [7, 11) is 0. The van der Waals surface area contributed by atoms with E-state index in [4.69, 9.17) is 118 Å². The van der Waals surface area contributed by atoms with Gasteiger partial charge in [0.05, 0.1) is 85.9 Å². The third-order valence-corrected chi connectivity index (χ3v) is 28.0. The van der Waals surface area contributed by atoms with Crippen molar-refractivity contribution >= 4 is 11.8 Å². The number of rotatable bonds is 39. The van der Waals surface area contributed by atoms with Gasteiger partial charge >= 0.3 is 0 Å². The maximum Gasteiger partial charge on any atom is 0.217 e. The smallest absolute Gasteiger partial charge is 0.217 e. The fourth-order valence-corrected chi connectivity index (χ4v) is 19.4. The van der Waals surface area contributed by atoms with E-state index in [1.54, 1.807) is 0 Å². The second kappa shape index (κ2) is 53.8. The van der Waals surface area contributed by atoms with Gasteiger partial charge < -0.3 is 328 Å². The van der Waals surface area contributed by atoms with Gasteiger partial charge in [-0.25, -0.2) is 0 Å². The van der Waals surface area contributed by atoms with E-state index in [0.717, 1.165) is 13.8 Å². The van der Waals surface area contributed by atoms with Gasteiger partial charge in [-0.3, -0.25) is 9.59 Å². The van der Waals surface area contributed by atoms with Crippen molar-refractivity contribution < 1.29 is 327 Å². The summed E-state index contributed by atoms with van der Waals surface area (Å²) in [5, 5.41) is 443. The molecule has 68 nitrogen and oxygen atoms in total. The molecule has 13 heterocycles. The average Bonchev–Trinajstić information content (AvgIpc) is 0.760. The van der Waals surface area contributed by atoms with E-state index in [2.05, 4.69) is 10.6 Å². The zero-order valence-electron chi connectivity index (χ0n) is 79.2. The second-order valence-corrected chi connectivity index (χ2v) is 38.0. The molecule has 0 saturated carbocycles. The predicted octanol–water partition coefficient (Wildman–Crippen LogP) is -29.0. The van der Waals surface area contributed by atoms with Crippen LogP contribution in [0.4, 0.5) is 0 Å². The van der Waals surface area contributed by atoms with Crippen molar-refractivity contribution in [1.29, 1.82) is 0 Å². The van der Waals surface area contributed by atoms with Crippen LogP contribution >= 0.6 is 0 Å². The quantitative estimate of drug-likeness (QED) is 0.0272. The normalized spacial score (nSPS) is 52.1. The number of aliphatic hydroxyl groups is 39. The van der Waals surface area contributed by atoms with E-state index >= 15 is 0 Å². The van der Waals surface area contributed by atoms with Crippen molar-refractivity contribution in [3.8, 4) is 0 Å². The average molecular weight is 2210 g/mol. The molecule has 13 saturated heterocycles. The van der Waals surface area contributed by atoms with Crippen LogP contribution in [0, 0.1) is 0 Å². The van der Waals surface area contributed by atoms with E-state index in [9.17, 15) is 209 Å².